The van der Waals surface area contributed by atoms with Crippen LogP contribution < -0.4 is 4.74 Å². The molecule has 1 aliphatic heterocycles. The van der Waals surface area contributed by atoms with E-state index in [1.807, 2.05) is 6.92 Å². The molecule has 0 spiro atoms. The Kier molecular flexibility index (Phi) is 6.02. The van der Waals surface area contributed by atoms with Gasteiger partial charge in [-0.1, -0.05) is 22.9 Å². The van der Waals surface area contributed by atoms with E-state index in [4.69, 9.17) is 4.74 Å². The van der Waals surface area contributed by atoms with Gasteiger partial charge in [0.15, 0.2) is 28.0 Å². The number of rotatable bonds is 6. The van der Waals surface area contributed by atoms with Crippen molar-refractivity contribution in [3.63, 3.8) is 0 Å². The van der Waals surface area contributed by atoms with Gasteiger partial charge in [0, 0.05) is 17.1 Å². The van der Waals surface area contributed by atoms with Crippen molar-refractivity contribution in [3.05, 3.63) is 28.5 Å². The Morgan fingerprint density at radius 3 is 2.78 bits per heavy atom. The summed E-state index contributed by atoms with van der Waals surface area (Å²) in [6.45, 7) is 2.07. The molecule has 1 unspecified atom stereocenters. The van der Waals surface area contributed by atoms with Crippen LogP contribution in [-0.4, -0.2) is 49.9 Å². The van der Waals surface area contributed by atoms with Gasteiger partial charge in [-0.15, -0.1) is 0 Å². The molecule has 1 saturated heterocycles. The second-order valence-corrected chi connectivity index (χ2v) is 8.65. The molecule has 1 aliphatic rings. The number of carbonyl (C=O) groups excluding carboxylic acids is 1. The number of sulfone groups is 1. The van der Waals surface area contributed by atoms with Crippen molar-refractivity contribution in [2.75, 3.05) is 24.7 Å². The molecule has 1 aromatic carbocycles. The number of benzene rings is 1. The second-order valence-electron chi connectivity index (χ2n) is 5.51. The molecule has 1 heterocycles. The molecule has 128 valence electrons. The number of hydrogen-bond acceptors (Lipinski definition) is 4. The molecule has 8 heteroatoms. The molecule has 1 atom stereocenters. The van der Waals surface area contributed by atoms with Gasteiger partial charge in [-0.3, -0.25) is 4.79 Å². The Morgan fingerprint density at radius 1 is 1.48 bits per heavy atom. The van der Waals surface area contributed by atoms with Gasteiger partial charge >= 0.3 is 0 Å². The number of halogens is 2. The van der Waals surface area contributed by atoms with Crippen LogP contribution in [0.2, 0.25) is 0 Å². The van der Waals surface area contributed by atoms with Gasteiger partial charge in [-0.25, -0.2) is 12.8 Å². The van der Waals surface area contributed by atoms with Crippen molar-refractivity contribution in [1.82, 2.24) is 4.90 Å². The predicted octanol–water partition coefficient (Wildman–Crippen LogP) is 2.39. The Hall–Kier alpha value is -1.15. The van der Waals surface area contributed by atoms with Crippen LogP contribution in [0.4, 0.5) is 4.39 Å². The molecule has 0 N–H and O–H groups in total. The predicted molar refractivity (Wildman–Crippen MR) is 88.7 cm³/mol. The van der Waals surface area contributed by atoms with E-state index in [2.05, 4.69) is 15.9 Å². The summed E-state index contributed by atoms with van der Waals surface area (Å²) in [6, 6.07) is 4.01. The lowest BCUT2D eigenvalue weighted by Gasteiger charge is -2.27. The standard InChI is InChI=1S/C15H19BrFNO4S/c1-2-6-18(12-5-7-23(20,21)10-12)15(19)9-22-14-4-3-11(16)8-13(14)17/h3-4,8,12H,2,5-7,9-10H2,1H3. The first-order valence-corrected chi connectivity index (χ1v) is 10.0. The minimum atomic E-state index is -3.07. The van der Waals surface area contributed by atoms with Crippen molar-refractivity contribution < 1.29 is 22.3 Å². The van der Waals surface area contributed by atoms with Crippen LogP contribution in [0, 0.1) is 5.82 Å². The summed E-state index contributed by atoms with van der Waals surface area (Å²) in [4.78, 5) is 13.9. The number of nitrogens with zero attached hydrogens (tertiary/aromatic N) is 1. The minimum absolute atomic E-state index is 0.00274. The highest BCUT2D eigenvalue weighted by Gasteiger charge is 2.34. The first-order chi connectivity index (χ1) is 10.8. The molecular formula is C15H19BrFNO4S. The van der Waals surface area contributed by atoms with Crippen LogP contribution in [-0.2, 0) is 14.6 Å². The third-order valence-electron chi connectivity index (χ3n) is 3.68. The van der Waals surface area contributed by atoms with Gasteiger partial charge in [0.05, 0.1) is 11.5 Å². The first kappa shape index (κ1) is 18.2. The zero-order valence-electron chi connectivity index (χ0n) is 12.8. The van der Waals surface area contributed by atoms with Gasteiger partial charge < -0.3 is 9.64 Å². The summed E-state index contributed by atoms with van der Waals surface area (Å²) in [5.74, 6) is -0.787. The second kappa shape index (κ2) is 7.61. The summed E-state index contributed by atoms with van der Waals surface area (Å²) < 4.78 is 42.7. The Morgan fingerprint density at radius 2 is 2.22 bits per heavy atom. The van der Waals surface area contributed by atoms with Crippen molar-refractivity contribution in [3.8, 4) is 5.75 Å². The molecule has 2 rings (SSSR count). The van der Waals surface area contributed by atoms with Crippen molar-refractivity contribution in [2.45, 2.75) is 25.8 Å². The van der Waals surface area contributed by atoms with Crippen molar-refractivity contribution >= 4 is 31.7 Å². The Balaban J connectivity index is 2.01. The van der Waals surface area contributed by atoms with Gasteiger partial charge in [-0.05, 0) is 31.0 Å². The number of amides is 1. The molecule has 1 aromatic rings. The third-order valence-corrected chi connectivity index (χ3v) is 5.92. The Bertz CT molecular complexity index is 680. The molecule has 1 fully saturated rings. The van der Waals surface area contributed by atoms with Crippen LogP contribution in [0.15, 0.2) is 22.7 Å². The largest absolute Gasteiger partial charge is 0.481 e. The summed E-state index contributed by atoms with van der Waals surface area (Å²) >= 11 is 3.15. The number of ether oxygens (including phenoxy) is 1. The van der Waals surface area contributed by atoms with Crippen LogP contribution in [0.25, 0.3) is 0 Å². The quantitative estimate of drug-likeness (QED) is 0.725. The van der Waals surface area contributed by atoms with E-state index in [0.29, 0.717) is 17.4 Å². The van der Waals surface area contributed by atoms with E-state index in [1.165, 1.54) is 12.1 Å². The number of carbonyl (C=O) groups is 1. The molecular weight excluding hydrogens is 389 g/mol. The fourth-order valence-corrected chi connectivity index (χ4v) is 4.65. The average molecular weight is 408 g/mol. The molecule has 0 radical (unpaired) electrons. The zero-order valence-corrected chi connectivity index (χ0v) is 15.2. The lowest BCUT2D eigenvalue weighted by Crippen LogP contribution is -2.44. The molecule has 0 aliphatic carbocycles. The lowest BCUT2D eigenvalue weighted by molar-refractivity contribution is -0.135. The summed E-state index contributed by atoms with van der Waals surface area (Å²) in [5, 5.41) is 0. The number of hydrogen-bond donors (Lipinski definition) is 0. The van der Waals surface area contributed by atoms with Gasteiger partial charge in [0.1, 0.15) is 0 Å². The highest BCUT2D eigenvalue weighted by molar-refractivity contribution is 9.10. The third kappa shape index (κ3) is 4.91. The molecule has 0 saturated carbocycles. The molecule has 1 amide bonds. The van der Waals surface area contributed by atoms with Crippen LogP contribution in [0.5, 0.6) is 5.75 Å². The summed E-state index contributed by atoms with van der Waals surface area (Å²) in [6.07, 6.45) is 1.16. The Labute approximate surface area is 143 Å². The SMILES string of the molecule is CCCN(C(=O)COc1ccc(Br)cc1F)C1CCS(=O)(=O)C1. The van der Waals surface area contributed by atoms with E-state index in [-0.39, 0.29) is 35.8 Å². The van der Waals surface area contributed by atoms with Crippen LogP contribution in [0.1, 0.15) is 19.8 Å². The first-order valence-electron chi connectivity index (χ1n) is 7.40. The fourth-order valence-electron chi connectivity index (χ4n) is 2.59. The van der Waals surface area contributed by atoms with E-state index < -0.39 is 15.7 Å². The highest BCUT2D eigenvalue weighted by Crippen LogP contribution is 2.22. The van der Waals surface area contributed by atoms with Crippen molar-refractivity contribution in [1.29, 1.82) is 0 Å². The zero-order chi connectivity index (χ0) is 17.0. The maximum absolute atomic E-state index is 13.7. The van der Waals surface area contributed by atoms with Gasteiger partial charge in [-0.2, -0.15) is 0 Å². The van der Waals surface area contributed by atoms with Gasteiger partial charge in [0.25, 0.3) is 5.91 Å². The van der Waals surface area contributed by atoms with Crippen LogP contribution >= 0.6 is 15.9 Å². The topological polar surface area (TPSA) is 63.7 Å². The van der Waals surface area contributed by atoms with Crippen molar-refractivity contribution in [2.24, 2.45) is 0 Å². The van der Waals surface area contributed by atoms with E-state index in [1.54, 1.807) is 11.0 Å². The molecule has 5 nitrogen and oxygen atoms in total. The average Bonchev–Trinajstić information content (AvgIpc) is 2.83. The summed E-state index contributed by atoms with van der Waals surface area (Å²) in [5.41, 5.74) is 0. The monoisotopic (exact) mass is 407 g/mol. The van der Waals surface area contributed by atoms with Crippen LogP contribution in [0.3, 0.4) is 0 Å². The smallest absolute Gasteiger partial charge is 0.260 e. The summed E-state index contributed by atoms with van der Waals surface area (Å²) in [7, 11) is -3.07. The lowest BCUT2D eigenvalue weighted by atomic mass is 10.2. The van der Waals surface area contributed by atoms with Gasteiger partial charge in [0.2, 0.25) is 0 Å². The normalized spacial score (nSPS) is 19.5. The highest BCUT2D eigenvalue weighted by atomic mass is 79.9. The minimum Gasteiger partial charge on any atom is -0.481 e. The van der Waals surface area contributed by atoms with E-state index >= 15 is 0 Å². The van der Waals surface area contributed by atoms with E-state index in [9.17, 15) is 17.6 Å². The van der Waals surface area contributed by atoms with E-state index in [0.717, 1.165) is 6.42 Å². The molecule has 0 bridgehead atoms. The maximum atomic E-state index is 13.7. The fraction of sp³-hybridized carbons (Fsp3) is 0.533. The maximum Gasteiger partial charge on any atom is 0.260 e. The molecule has 23 heavy (non-hydrogen) atoms. The molecule has 0 aromatic heterocycles.